The van der Waals surface area contributed by atoms with Crippen LogP contribution in [0.4, 0.5) is 0 Å². The Balaban J connectivity index is 1.78. The quantitative estimate of drug-likeness (QED) is 0.922. The Hall–Kier alpha value is -1.72. The van der Waals surface area contributed by atoms with Gasteiger partial charge in [-0.2, -0.15) is 0 Å². The molecule has 1 aromatic heterocycles. The van der Waals surface area contributed by atoms with Gasteiger partial charge < -0.3 is 10.6 Å². The Morgan fingerprint density at radius 1 is 1.40 bits per heavy atom. The van der Waals surface area contributed by atoms with Crippen molar-refractivity contribution in [3.8, 4) is 0 Å². The zero-order chi connectivity index (χ0) is 14.1. The van der Waals surface area contributed by atoms with Crippen molar-refractivity contribution in [3.63, 3.8) is 0 Å². The number of amides is 1. The molecule has 1 aliphatic heterocycles. The van der Waals surface area contributed by atoms with Gasteiger partial charge in [0, 0.05) is 18.5 Å². The molecule has 0 fully saturated rings. The van der Waals surface area contributed by atoms with E-state index in [4.69, 9.17) is 5.73 Å². The summed E-state index contributed by atoms with van der Waals surface area (Å²) < 4.78 is 0. The highest BCUT2D eigenvalue weighted by Crippen LogP contribution is 2.22. The minimum Gasteiger partial charge on any atom is -0.333 e. The maximum atomic E-state index is 12.5. The molecule has 4 nitrogen and oxygen atoms in total. The predicted octanol–water partition coefficient (Wildman–Crippen LogP) is 2.36. The van der Waals surface area contributed by atoms with Crippen molar-refractivity contribution in [1.29, 1.82) is 0 Å². The van der Waals surface area contributed by atoms with E-state index < -0.39 is 0 Å². The van der Waals surface area contributed by atoms with Gasteiger partial charge in [0.15, 0.2) is 0 Å². The Morgan fingerprint density at radius 2 is 2.15 bits per heavy atom. The van der Waals surface area contributed by atoms with Gasteiger partial charge in [0.05, 0.1) is 6.04 Å². The molecule has 2 aromatic rings. The molecule has 0 spiro atoms. The van der Waals surface area contributed by atoms with Crippen molar-refractivity contribution in [2.75, 3.05) is 6.54 Å². The normalized spacial score (nSPS) is 15.8. The maximum absolute atomic E-state index is 12.5. The second-order valence-corrected chi connectivity index (χ2v) is 5.99. The van der Waals surface area contributed by atoms with Crippen LogP contribution >= 0.6 is 11.3 Å². The molecular formula is C15H17N3OS. The molecule has 2 heterocycles. The van der Waals surface area contributed by atoms with E-state index in [-0.39, 0.29) is 11.9 Å². The number of hydrogen-bond donors (Lipinski definition) is 1. The number of carbonyl (C=O) groups is 1. The lowest BCUT2D eigenvalue weighted by molar-refractivity contribution is 0.0729. The number of nitrogens with zero attached hydrogens (tertiary/aromatic N) is 2. The Kier molecular flexibility index (Phi) is 3.54. The third kappa shape index (κ3) is 2.46. The highest BCUT2D eigenvalue weighted by atomic mass is 32.1. The van der Waals surface area contributed by atoms with E-state index in [2.05, 4.69) is 17.1 Å². The summed E-state index contributed by atoms with van der Waals surface area (Å²) in [6.45, 7) is 3.30. The number of nitrogens with two attached hydrogens (primary N) is 1. The van der Waals surface area contributed by atoms with Crippen molar-refractivity contribution >= 4 is 17.2 Å². The second kappa shape index (κ2) is 5.34. The van der Waals surface area contributed by atoms with Crippen molar-refractivity contribution < 1.29 is 4.79 Å². The zero-order valence-corrected chi connectivity index (χ0v) is 12.2. The standard InChI is InChI=1S/C15H17N3OS/c1-10(16)14-17-13(9-20-14)15(19)18-7-6-11-4-2-3-5-12(11)8-18/h2-5,9-10H,6-8,16H2,1H3. The van der Waals surface area contributed by atoms with E-state index in [1.54, 1.807) is 0 Å². The molecule has 0 saturated heterocycles. The third-order valence-electron chi connectivity index (χ3n) is 3.55. The minimum atomic E-state index is -0.122. The second-order valence-electron chi connectivity index (χ2n) is 5.11. The lowest BCUT2D eigenvalue weighted by atomic mass is 10.00. The molecular weight excluding hydrogens is 270 g/mol. The number of carbonyl (C=O) groups excluding carboxylic acids is 1. The molecule has 1 atom stereocenters. The summed E-state index contributed by atoms with van der Waals surface area (Å²) in [6.07, 6.45) is 0.909. The topological polar surface area (TPSA) is 59.2 Å². The van der Waals surface area contributed by atoms with Crippen LogP contribution in [0.15, 0.2) is 29.6 Å². The molecule has 5 heteroatoms. The van der Waals surface area contributed by atoms with E-state index in [9.17, 15) is 4.79 Å². The van der Waals surface area contributed by atoms with Gasteiger partial charge in [-0.1, -0.05) is 24.3 Å². The zero-order valence-electron chi connectivity index (χ0n) is 11.4. The third-order valence-corrected chi connectivity index (χ3v) is 4.59. The monoisotopic (exact) mass is 287 g/mol. The van der Waals surface area contributed by atoms with Crippen LogP contribution in [0, 0.1) is 0 Å². The molecule has 0 aliphatic carbocycles. The van der Waals surface area contributed by atoms with Gasteiger partial charge in [-0.05, 0) is 24.5 Å². The van der Waals surface area contributed by atoms with Gasteiger partial charge in [-0.25, -0.2) is 4.98 Å². The molecule has 3 rings (SSSR count). The summed E-state index contributed by atoms with van der Waals surface area (Å²) in [7, 11) is 0. The molecule has 1 amide bonds. The highest BCUT2D eigenvalue weighted by Gasteiger charge is 2.23. The number of thiazole rings is 1. The first-order chi connectivity index (χ1) is 9.65. The largest absolute Gasteiger partial charge is 0.333 e. The summed E-state index contributed by atoms with van der Waals surface area (Å²) in [5.74, 6) is 0.00246. The molecule has 0 radical (unpaired) electrons. The molecule has 0 saturated carbocycles. The fraction of sp³-hybridized carbons (Fsp3) is 0.333. The fourth-order valence-electron chi connectivity index (χ4n) is 2.43. The first kappa shape index (κ1) is 13.3. The number of aromatic nitrogens is 1. The van der Waals surface area contributed by atoms with E-state index in [1.807, 2.05) is 29.3 Å². The maximum Gasteiger partial charge on any atom is 0.273 e. The van der Waals surface area contributed by atoms with Crippen molar-refractivity contribution in [2.24, 2.45) is 5.73 Å². The van der Waals surface area contributed by atoms with Crippen molar-refractivity contribution in [2.45, 2.75) is 25.9 Å². The summed E-state index contributed by atoms with van der Waals surface area (Å²) in [5.41, 5.74) is 8.88. The molecule has 1 unspecified atom stereocenters. The van der Waals surface area contributed by atoms with Crippen LogP contribution in [0.2, 0.25) is 0 Å². The molecule has 20 heavy (non-hydrogen) atoms. The lowest BCUT2D eigenvalue weighted by Crippen LogP contribution is -2.36. The average Bonchev–Trinajstić information content (AvgIpc) is 2.96. The Labute approximate surface area is 122 Å². The number of benzene rings is 1. The average molecular weight is 287 g/mol. The lowest BCUT2D eigenvalue weighted by Gasteiger charge is -2.28. The van der Waals surface area contributed by atoms with Gasteiger partial charge in [0.25, 0.3) is 5.91 Å². The van der Waals surface area contributed by atoms with Gasteiger partial charge in [-0.15, -0.1) is 11.3 Å². The minimum absolute atomic E-state index is 0.00246. The van der Waals surface area contributed by atoms with Crippen LogP contribution in [0.5, 0.6) is 0 Å². The first-order valence-corrected chi connectivity index (χ1v) is 7.60. The predicted molar refractivity (Wildman–Crippen MR) is 79.6 cm³/mol. The van der Waals surface area contributed by atoms with Gasteiger partial charge in [0.2, 0.25) is 0 Å². The number of rotatable bonds is 2. The summed E-state index contributed by atoms with van der Waals surface area (Å²) >= 11 is 1.45. The number of hydrogen-bond acceptors (Lipinski definition) is 4. The fourth-order valence-corrected chi connectivity index (χ4v) is 3.18. The van der Waals surface area contributed by atoms with Gasteiger partial charge >= 0.3 is 0 Å². The van der Waals surface area contributed by atoms with E-state index in [0.717, 1.165) is 18.0 Å². The van der Waals surface area contributed by atoms with Crippen LogP contribution in [0.25, 0.3) is 0 Å². The molecule has 0 bridgehead atoms. The van der Waals surface area contributed by atoms with E-state index in [0.29, 0.717) is 12.2 Å². The van der Waals surface area contributed by atoms with E-state index in [1.165, 1.54) is 22.5 Å². The van der Waals surface area contributed by atoms with E-state index >= 15 is 0 Å². The highest BCUT2D eigenvalue weighted by molar-refractivity contribution is 7.09. The van der Waals surface area contributed by atoms with Crippen LogP contribution in [-0.4, -0.2) is 22.3 Å². The SMILES string of the molecule is CC(N)c1nc(C(=O)N2CCc3ccccc3C2)cs1. The van der Waals surface area contributed by atoms with Crippen LogP contribution < -0.4 is 5.73 Å². The van der Waals surface area contributed by atoms with Gasteiger partial charge in [0.1, 0.15) is 10.7 Å². The Bertz CT molecular complexity index is 636. The summed E-state index contributed by atoms with van der Waals surface area (Å²) in [6, 6.07) is 8.16. The van der Waals surface area contributed by atoms with Crippen molar-refractivity contribution in [3.05, 3.63) is 51.5 Å². The van der Waals surface area contributed by atoms with Crippen LogP contribution in [-0.2, 0) is 13.0 Å². The number of fused-ring (bicyclic) bond motifs is 1. The first-order valence-electron chi connectivity index (χ1n) is 6.72. The van der Waals surface area contributed by atoms with Crippen molar-refractivity contribution in [1.82, 2.24) is 9.88 Å². The molecule has 1 aromatic carbocycles. The molecule has 2 N–H and O–H groups in total. The van der Waals surface area contributed by atoms with Crippen LogP contribution in [0.1, 0.15) is 39.6 Å². The molecule has 104 valence electrons. The summed E-state index contributed by atoms with van der Waals surface area (Å²) in [5, 5.41) is 2.62. The van der Waals surface area contributed by atoms with Gasteiger partial charge in [-0.3, -0.25) is 4.79 Å². The smallest absolute Gasteiger partial charge is 0.273 e. The van der Waals surface area contributed by atoms with Crippen LogP contribution in [0.3, 0.4) is 0 Å². The summed E-state index contributed by atoms with van der Waals surface area (Å²) in [4.78, 5) is 18.7. The Morgan fingerprint density at radius 3 is 2.85 bits per heavy atom. The molecule has 1 aliphatic rings.